The van der Waals surface area contributed by atoms with Crippen molar-refractivity contribution in [2.75, 3.05) is 5.75 Å². The van der Waals surface area contributed by atoms with Gasteiger partial charge in [0.05, 0.1) is 0 Å². The molecule has 62 valence electrons. The van der Waals surface area contributed by atoms with Gasteiger partial charge in [-0.2, -0.15) is 0 Å². The zero-order valence-corrected chi connectivity index (χ0v) is 10.4. The quantitative estimate of drug-likeness (QED) is 0.226. The number of rotatable bonds is 4. The molecule has 0 unspecified atom stereocenters. The minimum absolute atomic E-state index is 0. The van der Waals surface area contributed by atoms with Crippen LogP contribution < -0.4 is 29.6 Å². The van der Waals surface area contributed by atoms with Crippen molar-refractivity contribution in [1.29, 1.82) is 0 Å². The van der Waals surface area contributed by atoms with Gasteiger partial charge in [-0.25, -0.2) is 12.0 Å². The molecule has 0 amide bonds. The predicted molar refractivity (Wildman–Crippen MR) is 38.1 cm³/mol. The van der Waals surface area contributed by atoms with Crippen molar-refractivity contribution in [2.45, 2.75) is 13.8 Å². The van der Waals surface area contributed by atoms with E-state index in [0.717, 1.165) is 0 Å². The van der Waals surface area contributed by atoms with Gasteiger partial charge >= 0.3 is 29.6 Å². The van der Waals surface area contributed by atoms with Gasteiger partial charge in [-0.05, 0) is 5.92 Å². The summed E-state index contributed by atoms with van der Waals surface area (Å²) in [6, 6.07) is 0. The van der Waals surface area contributed by atoms with Gasteiger partial charge in [0.15, 0.2) is 0 Å². The van der Waals surface area contributed by atoms with Crippen LogP contribution >= 0.6 is 12.0 Å². The van der Waals surface area contributed by atoms with E-state index in [2.05, 4.69) is 3.63 Å². The Bertz CT molecular complexity index is 177. The van der Waals surface area contributed by atoms with E-state index in [-0.39, 0.29) is 29.6 Å². The molecule has 0 heterocycles. The molecule has 0 aromatic carbocycles. The first-order valence-electron chi connectivity index (χ1n) is 2.68. The van der Waals surface area contributed by atoms with Crippen molar-refractivity contribution in [3.05, 3.63) is 0 Å². The molecule has 0 aliphatic heterocycles. The van der Waals surface area contributed by atoms with E-state index >= 15 is 0 Å². The standard InChI is InChI=1S/C4H10O4S2.Na/c1-4(2)3-9-8-10(5,6)7;/h4H,3H2,1-2H3,(H,5,6,7);/q;+1/p-1. The van der Waals surface area contributed by atoms with Crippen LogP contribution in [0.3, 0.4) is 0 Å². The smallest absolute Gasteiger partial charge is 0.725 e. The van der Waals surface area contributed by atoms with Gasteiger partial charge in [-0.1, -0.05) is 13.8 Å². The Morgan fingerprint density at radius 3 is 2.27 bits per heavy atom. The molecule has 0 N–H and O–H groups in total. The second-order valence-corrected chi connectivity index (χ2v) is 4.08. The number of hydrogen-bond donors (Lipinski definition) is 0. The average molecular weight is 208 g/mol. The van der Waals surface area contributed by atoms with Crippen molar-refractivity contribution in [2.24, 2.45) is 5.92 Å². The summed E-state index contributed by atoms with van der Waals surface area (Å²) in [5, 5.41) is 0. The molecule has 0 aliphatic rings. The van der Waals surface area contributed by atoms with Crippen molar-refractivity contribution in [3.8, 4) is 0 Å². The Hall–Kier alpha value is 1.22. The molecule has 7 heteroatoms. The third-order valence-corrected chi connectivity index (χ3v) is 2.39. The Labute approximate surface area is 93.5 Å². The predicted octanol–water partition coefficient (Wildman–Crippen LogP) is -2.23. The van der Waals surface area contributed by atoms with Crippen molar-refractivity contribution >= 4 is 22.4 Å². The van der Waals surface area contributed by atoms with Crippen LogP contribution in [-0.4, -0.2) is 18.7 Å². The molecule has 0 saturated heterocycles. The Morgan fingerprint density at radius 1 is 1.55 bits per heavy atom. The minimum Gasteiger partial charge on any atom is -0.725 e. The second-order valence-electron chi connectivity index (χ2n) is 2.15. The minimum atomic E-state index is -4.51. The van der Waals surface area contributed by atoms with Crippen LogP contribution in [0.4, 0.5) is 0 Å². The third kappa shape index (κ3) is 14.1. The summed E-state index contributed by atoms with van der Waals surface area (Å²) >= 11 is 0.668. The largest absolute Gasteiger partial charge is 1.00 e. The maximum absolute atomic E-state index is 9.81. The molecular formula is C4H9NaO4S2. The topological polar surface area (TPSA) is 66.4 Å². The van der Waals surface area contributed by atoms with Crippen LogP contribution in [-0.2, 0) is 14.0 Å². The van der Waals surface area contributed by atoms with Crippen LogP contribution in [0.5, 0.6) is 0 Å². The van der Waals surface area contributed by atoms with Gasteiger partial charge in [0.2, 0.25) is 10.4 Å². The molecule has 0 aliphatic carbocycles. The molecule has 0 aromatic heterocycles. The Kier molecular flexibility index (Phi) is 8.98. The molecule has 0 saturated carbocycles. The summed E-state index contributed by atoms with van der Waals surface area (Å²) in [5.41, 5.74) is 0. The van der Waals surface area contributed by atoms with E-state index in [1.165, 1.54) is 0 Å². The molecule has 0 rings (SSSR count). The van der Waals surface area contributed by atoms with E-state index in [1.54, 1.807) is 0 Å². The van der Waals surface area contributed by atoms with E-state index in [9.17, 15) is 13.0 Å². The van der Waals surface area contributed by atoms with Crippen LogP contribution in [0.15, 0.2) is 0 Å². The van der Waals surface area contributed by atoms with Crippen LogP contribution in [0.1, 0.15) is 13.8 Å². The molecule has 4 nitrogen and oxygen atoms in total. The first-order valence-corrected chi connectivity index (χ1v) is 4.93. The van der Waals surface area contributed by atoms with Gasteiger partial charge < -0.3 is 4.55 Å². The summed E-state index contributed by atoms with van der Waals surface area (Å²) in [6.45, 7) is 3.79. The van der Waals surface area contributed by atoms with Crippen LogP contribution in [0.2, 0.25) is 0 Å². The first kappa shape index (κ1) is 14.7. The summed E-state index contributed by atoms with van der Waals surface area (Å²) in [7, 11) is -4.51. The zero-order valence-electron chi connectivity index (χ0n) is 6.73. The molecular weight excluding hydrogens is 199 g/mol. The van der Waals surface area contributed by atoms with Crippen molar-refractivity contribution in [1.82, 2.24) is 0 Å². The van der Waals surface area contributed by atoms with Crippen molar-refractivity contribution in [3.63, 3.8) is 0 Å². The van der Waals surface area contributed by atoms with Crippen LogP contribution in [0.25, 0.3) is 0 Å². The maximum Gasteiger partial charge on any atom is 1.00 e. The Morgan fingerprint density at radius 2 is 2.00 bits per heavy atom. The van der Waals surface area contributed by atoms with Crippen molar-refractivity contribution < 1.29 is 46.2 Å². The fraction of sp³-hybridized carbons (Fsp3) is 1.00. The maximum atomic E-state index is 9.81. The van der Waals surface area contributed by atoms with E-state index < -0.39 is 10.4 Å². The second kappa shape index (κ2) is 6.71. The summed E-state index contributed by atoms with van der Waals surface area (Å²) in [5.74, 6) is 0.813. The molecule has 0 fully saturated rings. The Balaban J connectivity index is 0. The third-order valence-electron chi connectivity index (χ3n) is 0.533. The first-order chi connectivity index (χ1) is 4.42. The number of hydrogen-bond acceptors (Lipinski definition) is 5. The molecule has 0 radical (unpaired) electrons. The van der Waals surface area contributed by atoms with Gasteiger partial charge in [0.25, 0.3) is 0 Å². The molecule has 0 atom stereocenters. The van der Waals surface area contributed by atoms with Gasteiger partial charge in [0.1, 0.15) is 0 Å². The normalized spacial score (nSPS) is 11.3. The fourth-order valence-electron chi connectivity index (χ4n) is 0.223. The van der Waals surface area contributed by atoms with Crippen LogP contribution in [0, 0.1) is 5.92 Å². The van der Waals surface area contributed by atoms with Gasteiger partial charge in [-0.15, -0.1) is 0 Å². The average Bonchev–Trinajstić information content (AvgIpc) is 1.59. The summed E-state index contributed by atoms with van der Waals surface area (Å²) in [4.78, 5) is 0. The van der Waals surface area contributed by atoms with Gasteiger partial charge in [0, 0.05) is 17.8 Å². The fourth-order valence-corrected chi connectivity index (χ4v) is 1.19. The molecule has 0 spiro atoms. The van der Waals surface area contributed by atoms with E-state index in [1.807, 2.05) is 13.8 Å². The van der Waals surface area contributed by atoms with E-state index in [0.29, 0.717) is 23.7 Å². The molecule has 0 aromatic rings. The van der Waals surface area contributed by atoms with E-state index in [4.69, 9.17) is 0 Å². The summed E-state index contributed by atoms with van der Waals surface area (Å²) < 4.78 is 33.3. The monoisotopic (exact) mass is 208 g/mol. The molecule has 0 bridgehead atoms. The molecule has 11 heavy (non-hydrogen) atoms. The van der Waals surface area contributed by atoms with Gasteiger partial charge in [-0.3, -0.25) is 0 Å². The zero-order chi connectivity index (χ0) is 8.20. The summed E-state index contributed by atoms with van der Waals surface area (Å²) in [6.07, 6.45) is 0. The SMILES string of the molecule is CC(C)CSOS(=O)(=O)[O-].[Na+].